The average molecular weight is 385 g/mol. The van der Waals surface area contributed by atoms with Crippen molar-refractivity contribution in [2.45, 2.75) is 27.2 Å². The van der Waals surface area contributed by atoms with Gasteiger partial charge in [0.05, 0.1) is 28.6 Å². The molecule has 27 heavy (non-hydrogen) atoms. The first kappa shape index (κ1) is 19.0. The highest BCUT2D eigenvalue weighted by Gasteiger charge is 2.28. The van der Waals surface area contributed by atoms with Crippen molar-refractivity contribution in [1.82, 2.24) is 0 Å². The van der Waals surface area contributed by atoms with Crippen LogP contribution in [0.1, 0.15) is 31.9 Å². The number of hydrogen-bond acceptors (Lipinski definition) is 4. The number of halogens is 1. The summed E-state index contributed by atoms with van der Waals surface area (Å²) in [5, 5.41) is 15.9. The Morgan fingerprint density at radius 3 is 2.56 bits per heavy atom. The van der Waals surface area contributed by atoms with Crippen LogP contribution in [0.2, 0.25) is 5.02 Å². The van der Waals surface area contributed by atoms with Crippen molar-refractivity contribution < 1.29 is 14.6 Å². The molecule has 0 aliphatic carbocycles. The Morgan fingerprint density at radius 1 is 1.22 bits per heavy atom. The van der Waals surface area contributed by atoms with Crippen molar-refractivity contribution in [3.8, 4) is 11.5 Å². The van der Waals surface area contributed by atoms with Gasteiger partial charge in [0.25, 0.3) is 5.91 Å². The predicted molar refractivity (Wildman–Crippen MR) is 109 cm³/mol. The Morgan fingerprint density at radius 2 is 1.93 bits per heavy atom. The number of hydrogen-bond donors (Lipinski definition) is 1. The fraction of sp³-hybridized carbons (Fsp3) is 0.238. The molecule has 0 atom stereocenters. The van der Waals surface area contributed by atoms with Crippen LogP contribution in [0, 0.1) is 0 Å². The zero-order chi connectivity index (χ0) is 19.6. The Kier molecular flexibility index (Phi) is 5.51. The minimum Gasteiger partial charge on any atom is -0.503 e. The molecule has 2 aromatic carbocycles. The Balaban J connectivity index is 1.93. The third kappa shape index (κ3) is 3.83. The first-order chi connectivity index (χ1) is 12.9. The van der Waals surface area contributed by atoms with Gasteiger partial charge in [-0.05, 0) is 61.7 Å². The first-order valence-corrected chi connectivity index (χ1v) is 9.18. The molecule has 140 valence electrons. The highest BCUT2D eigenvalue weighted by Crippen LogP contribution is 2.36. The molecule has 2 aromatic rings. The number of aryl methyl sites for hydroxylation is 1. The van der Waals surface area contributed by atoms with Crippen molar-refractivity contribution >= 4 is 35.0 Å². The van der Waals surface area contributed by atoms with E-state index in [0.717, 1.165) is 12.1 Å². The Labute approximate surface area is 163 Å². The van der Waals surface area contributed by atoms with Gasteiger partial charge < -0.3 is 9.84 Å². The molecule has 0 saturated carbocycles. The number of phenols is 1. The van der Waals surface area contributed by atoms with Gasteiger partial charge in [-0.25, -0.2) is 0 Å². The molecule has 0 saturated heterocycles. The van der Waals surface area contributed by atoms with E-state index in [1.54, 1.807) is 25.1 Å². The number of ether oxygens (including phenoxy) is 1. The molecular formula is C21H21ClN2O3. The van der Waals surface area contributed by atoms with Crippen LogP contribution < -0.4 is 9.75 Å². The number of phenolic OH excluding ortho intramolecular Hbond substituents is 1. The fourth-order valence-corrected chi connectivity index (χ4v) is 3.06. The molecule has 0 unspecified atom stereocenters. The van der Waals surface area contributed by atoms with Crippen LogP contribution in [-0.2, 0) is 11.2 Å². The van der Waals surface area contributed by atoms with Gasteiger partial charge >= 0.3 is 0 Å². The molecule has 1 heterocycles. The SMILES string of the molecule is CCOc1cc(C=C2C(=O)N(c3ccc(CC)cc3)N=C2C)cc(Cl)c1O. The van der Waals surface area contributed by atoms with Crippen LogP contribution >= 0.6 is 11.6 Å². The molecule has 1 amide bonds. The molecule has 1 aliphatic rings. The number of aromatic hydroxyl groups is 1. The van der Waals surface area contributed by atoms with Crippen molar-refractivity contribution in [3.63, 3.8) is 0 Å². The zero-order valence-electron chi connectivity index (χ0n) is 15.5. The standard InChI is InChI=1S/C21H21ClN2O3/c1-4-14-6-8-16(9-7-14)24-21(26)17(13(3)23-24)10-15-11-18(22)20(25)19(12-15)27-5-2/h6-12,25H,4-5H2,1-3H3. The van der Waals surface area contributed by atoms with E-state index in [-0.39, 0.29) is 22.4 Å². The minimum absolute atomic E-state index is 0.110. The maximum atomic E-state index is 12.9. The second-order valence-electron chi connectivity index (χ2n) is 6.16. The summed E-state index contributed by atoms with van der Waals surface area (Å²) in [5.41, 5.74) is 3.66. The lowest BCUT2D eigenvalue weighted by Crippen LogP contribution is -2.21. The van der Waals surface area contributed by atoms with Crippen LogP contribution in [0.5, 0.6) is 11.5 Å². The highest BCUT2D eigenvalue weighted by molar-refractivity contribution is 6.33. The van der Waals surface area contributed by atoms with Gasteiger partial charge in [0.15, 0.2) is 11.5 Å². The van der Waals surface area contributed by atoms with Gasteiger partial charge in [-0.1, -0.05) is 30.7 Å². The van der Waals surface area contributed by atoms with Crippen molar-refractivity contribution in [3.05, 3.63) is 58.1 Å². The number of nitrogens with zero attached hydrogens (tertiary/aromatic N) is 2. The minimum atomic E-state index is -0.209. The van der Waals surface area contributed by atoms with Crippen molar-refractivity contribution in [1.29, 1.82) is 0 Å². The molecule has 1 aliphatic heterocycles. The summed E-state index contributed by atoms with van der Waals surface area (Å²) in [4.78, 5) is 12.9. The largest absolute Gasteiger partial charge is 0.503 e. The van der Waals surface area contributed by atoms with Gasteiger partial charge in [-0.3, -0.25) is 4.79 Å². The molecule has 5 nitrogen and oxygen atoms in total. The smallest absolute Gasteiger partial charge is 0.280 e. The molecule has 3 rings (SSSR count). The number of rotatable bonds is 5. The van der Waals surface area contributed by atoms with Crippen LogP contribution in [-0.4, -0.2) is 23.3 Å². The number of benzene rings is 2. The molecular weight excluding hydrogens is 364 g/mol. The second-order valence-corrected chi connectivity index (χ2v) is 6.57. The van der Waals surface area contributed by atoms with E-state index < -0.39 is 0 Å². The van der Waals surface area contributed by atoms with Gasteiger partial charge in [-0.2, -0.15) is 10.1 Å². The van der Waals surface area contributed by atoms with Crippen LogP contribution in [0.15, 0.2) is 47.1 Å². The van der Waals surface area contributed by atoms with E-state index >= 15 is 0 Å². The molecule has 0 aromatic heterocycles. The topological polar surface area (TPSA) is 62.1 Å². The lowest BCUT2D eigenvalue weighted by Gasteiger charge is -2.12. The number of amides is 1. The van der Waals surface area contributed by atoms with Gasteiger partial charge in [0.2, 0.25) is 0 Å². The third-order valence-electron chi connectivity index (χ3n) is 4.31. The number of hydrazone groups is 1. The highest BCUT2D eigenvalue weighted by atomic mass is 35.5. The van der Waals surface area contributed by atoms with E-state index in [4.69, 9.17) is 16.3 Å². The normalized spacial score (nSPS) is 15.4. The molecule has 1 N–H and O–H groups in total. The molecule has 0 spiro atoms. The van der Waals surface area contributed by atoms with Gasteiger partial charge in [0, 0.05) is 0 Å². The van der Waals surface area contributed by atoms with Crippen molar-refractivity contribution in [2.24, 2.45) is 5.10 Å². The monoisotopic (exact) mass is 384 g/mol. The average Bonchev–Trinajstić information content (AvgIpc) is 2.94. The number of carbonyl (C=O) groups is 1. The Bertz CT molecular complexity index is 933. The predicted octanol–water partition coefficient (Wildman–Crippen LogP) is 4.81. The quantitative estimate of drug-likeness (QED) is 0.752. The zero-order valence-corrected chi connectivity index (χ0v) is 16.2. The summed E-state index contributed by atoms with van der Waals surface area (Å²) in [6, 6.07) is 11.0. The number of carbonyl (C=O) groups excluding carboxylic acids is 1. The van der Waals surface area contributed by atoms with E-state index in [0.29, 0.717) is 23.5 Å². The lowest BCUT2D eigenvalue weighted by molar-refractivity contribution is -0.114. The van der Waals surface area contributed by atoms with Gasteiger partial charge in [0.1, 0.15) is 0 Å². The molecule has 0 radical (unpaired) electrons. The summed E-state index contributed by atoms with van der Waals surface area (Å²) in [5.74, 6) is -0.0377. The summed E-state index contributed by atoms with van der Waals surface area (Å²) < 4.78 is 5.40. The van der Waals surface area contributed by atoms with Crippen LogP contribution in [0.3, 0.4) is 0 Å². The van der Waals surface area contributed by atoms with Crippen LogP contribution in [0.4, 0.5) is 5.69 Å². The Hall–Kier alpha value is -2.79. The fourth-order valence-electron chi connectivity index (χ4n) is 2.84. The van der Waals surface area contributed by atoms with E-state index in [1.165, 1.54) is 10.6 Å². The number of anilines is 1. The third-order valence-corrected chi connectivity index (χ3v) is 4.60. The molecule has 0 bridgehead atoms. The van der Waals surface area contributed by atoms with Crippen molar-refractivity contribution in [2.75, 3.05) is 11.6 Å². The van der Waals surface area contributed by atoms with E-state index in [1.807, 2.05) is 31.2 Å². The summed E-state index contributed by atoms with van der Waals surface area (Å²) in [6.45, 7) is 6.08. The van der Waals surface area contributed by atoms with E-state index in [2.05, 4.69) is 12.0 Å². The lowest BCUT2D eigenvalue weighted by atomic mass is 10.1. The molecule has 6 heteroatoms. The van der Waals surface area contributed by atoms with E-state index in [9.17, 15) is 9.90 Å². The second kappa shape index (κ2) is 7.84. The first-order valence-electron chi connectivity index (χ1n) is 8.80. The summed E-state index contributed by atoms with van der Waals surface area (Å²) in [6.07, 6.45) is 2.64. The van der Waals surface area contributed by atoms with Crippen LogP contribution in [0.25, 0.3) is 6.08 Å². The maximum absolute atomic E-state index is 12.9. The summed E-state index contributed by atoms with van der Waals surface area (Å²) in [7, 11) is 0. The molecule has 0 fully saturated rings. The maximum Gasteiger partial charge on any atom is 0.280 e. The van der Waals surface area contributed by atoms with Gasteiger partial charge in [-0.15, -0.1) is 0 Å². The summed E-state index contributed by atoms with van der Waals surface area (Å²) >= 11 is 6.08.